The van der Waals surface area contributed by atoms with Gasteiger partial charge in [-0.2, -0.15) is 0 Å². The smallest absolute Gasteiger partial charge is 0.306 e. The minimum atomic E-state index is 0.0641. The predicted molar refractivity (Wildman–Crippen MR) is 71.1 cm³/mol. The van der Waals surface area contributed by atoms with E-state index in [-0.39, 0.29) is 17.5 Å². The number of fused-ring (bicyclic) bond motifs is 2. The first-order valence-corrected chi connectivity index (χ1v) is 7.63. The fraction of sp³-hybridized carbons (Fsp3) is 0.938. The molecule has 2 heteroatoms. The summed E-state index contributed by atoms with van der Waals surface area (Å²) in [6.45, 7) is 7.07. The van der Waals surface area contributed by atoms with Crippen molar-refractivity contribution in [2.75, 3.05) is 0 Å². The van der Waals surface area contributed by atoms with Crippen LogP contribution in [0.1, 0.15) is 65.7 Å². The van der Waals surface area contributed by atoms with Crippen molar-refractivity contribution in [3.63, 3.8) is 0 Å². The van der Waals surface area contributed by atoms with Crippen molar-refractivity contribution in [3.05, 3.63) is 0 Å². The van der Waals surface area contributed by atoms with Gasteiger partial charge in [-0.15, -0.1) is 0 Å². The van der Waals surface area contributed by atoms with Crippen molar-refractivity contribution in [1.82, 2.24) is 0 Å². The van der Waals surface area contributed by atoms with Gasteiger partial charge in [0.25, 0.3) is 0 Å². The highest BCUT2D eigenvalue weighted by atomic mass is 16.5. The summed E-state index contributed by atoms with van der Waals surface area (Å²) in [6.07, 6.45) is 8.24. The van der Waals surface area contributed by atoms with Crippen LogP contribution in [0.15, 0.2) is 0 Å². The molecule has 0 aromatic heterocycles. The molecule has 3 unspecified atom stereocenters. The lowest BCUT2D eigenvalue weighted by atomic mass is 9.70. The summed E-state index contributed by atoms with van der Waals surface area (Å²) in [6, 6.07) is 0. The summed E-state index contributed by atoms with van der Waals surface area (Å²) < 4.78 is 5.85. The van der Waals surface area contributed by atoms with Crippen LogP contribution in [0.2, 0.25) is 0 Å². The van der Waals surface area contributed by atoms with Crippen LogP contribution in [-0.4, -0.2) is 12.1 Å². The largest absolute Gasteiger partial charge is 0.462 e. The van der Waals surface area contributed by atoms with E-state index in [0.29, 0.717) is 17.8 Å². The van der Waals surface area contributed by atoms with Crippen LogP contribution in [0, 0.1) is 22.7 Å². The second-order valence-corrected chi connectivity index (χ2v) is 7.59. The van der Waals surface area contributed by atoms with E-state index < -0.39 is 0 Å². The molecule has 102 valence electrons. The van der Waals surface area contributed by atoms with E-state index in [1.807, 2.05) is 0 Å². The van der Waals surface area contributed by atoms with Gasteiger partial charge in [0.05, 0.1) is 0 Å². The second kappa shape index (κ2) is 3.98. The minimum Gasteiger partial charge on any atom is -0.462 e. The summed E-state index contributed by atoms with van der Waals surface area (Å²) in [5, 5.41) is 0. The zero-order valence-electron chi connectivity index (χ0n) is 12.0. The molecule has 0 heterocycles. The van der Waals surface area contributed by atoms with Crippen molar-refractivity contribution in [1.29, 1.82) is 0 Å². The Hall–Kier alpha value is -0.530. The average Bonchev–Trinajstić information content (AvgIpc) is 2.56. The summed E-state index contributed by atoms with van der Waals surface area (Å²) >= 11 is 0. The van der Waals surface area contributed by atoms with Crippen LogP contribution in [0.3, 0.4) is 0 Å². The van der Waals surface area contributed by atoms with E-state index in [9.17, 15) is 4.79 Å². The quantitative estimate of drug-likeness (QED) is 0.709. The van der Waals surface area contributed by atoms with Crippen molar-refractivity contribution in [2.45, 2.75) is 71.8 Å². The predicted octanol–water partition coefficient (Wildman–Crippen LogP) is 3.93. The Labute approximate surface area is 110 Å². The third-order valence-corrected chi connectivity index (χ3v) is 6.67. The van der Waals surface area contributed by atoms with Crippen molar-refractivity contribution < 1.29 is 9.53 Å². The molecule has 3 fully saturated rings. The monoisotopic (exact) mass is 250 g/mol. The van der Waals surface area contributed by atoms with E-state index in [1.54, 1.807) is 0 Å². The zero-order valence-corrected chi connectivity index (χ0v) is 12.0. The van der Waals surface area contributed by atoms with E-state index in [2.05, 4.69) is 20.8 Å². The Kier molecular flexibility index (Phi) is 2.76. The molecule has 0 aromatic carbocycles. The molecule has 0 saturated heterocycles. The average molecular weight is 250 g/mol. The number of carbonyl (C=O) groups is 1. The Morgan fingerprint density at radius 1 is 1.22 bits per heavy atom. The van der Waals surface area contributed by atoms with E-state index in [1.165, 1.54) is 32.1 Å². The van der Waals surface area contributed by atoms with Crippen LogP contribution in [0.4, 0.5) is 0 Å². The van der Waals surface area contributed by atoms with Crippen LogP contribution in [-0.2, 0) is 9.53 Å². The van der Waals surface area contributed by atoms with Gasteiger partial charge >= 0.3 is 5.97 Å². The highest BCUT2D eigenvalue weighted by Crippen LogP contribution is 2.66. The molecule has 3 aliphatic rings. The number of ether oxygens (including phenoxy) is 1. The molecule has 3 aliphatic carbocycles. The van der Waals surface area contributed by atoms with Crippen LogP contribution in [0.25, 0.3) is 0 Å². The number of esters is 1. The highest BCUT2D eigenvalue weighted by Gasteiger charge is 2.62. The molecule has 3 saturated carbocycles. The van der Waals surface area contributed by atoms with Gasteiger partial charge in [-0.05, 0) is 49.4 Å². The second-order valence-electron chi connectivity index (χ2n) is 7.59. The summed E-state index contributed by atoms with van der Waals surface area (Å²) in [5.74, 6) is 1.44. The number of hydrogen-bond donors (Lipinski definition) is 0. The van der Waals surface area contributed by atoms with Gasteiger partial charge in [-0.3, -0.25) is 4.79 Å². The SMILES string of the molecule is CC1(C)C2CCC1(C)C(OC(=O)CC1CCC1)C2. The molecule has 18 heavy (non-hydrogen) atoms. The third kappa shape index (κ3) is 1.64. The van der Waals surface area contributed by atoms with Gasteiger partial charge in [0.1, 0.15) is 6.10 Å². The van der Waals surface area contributed by atoms with Crippen molar-refractivity contribution in [2.24, 2.45) is 22.7 Å². The van der Waals surface area contributed by atoms with Crippen LogP contribution in [0.5, 0.6) is 0 Å². The molecular formula is C16H26O2. The molecular weight excluding hydrogens is 224 g/mol. The molecule has 0 aliphatic heterocycles. The normalized spacial score (nSPS) is 41.7. The Morgan fingerprint density at radius 3 is 2.39 bits per heavy atom. The minimum absolute atomic E-state index is 0.0641. The maximum absolute atomic E-state index is 12.0. The Bertz CT molecular complexity index is 356. The van der Waals surface area contributed by atoms with Gasteiger partial charge < -0.3 is 4.74 Å². The third-order valence-electron chi connectivity index (χ3n) is 6.67. The lowest BCUT2D eigenvalue weighted by Crippen LogP contribution is -2.38. The van der Waals surface area contributed by atoms with Gasteiger partial charge in [-0.25, -0.2) is 0 Å². The van der Waals surface area contributed by atoms with Gasteiger partial charge in [-0.1, -0.05) is 27.2 Å². The lowest BCUT2D eigenvalue weighted by Gasteiger charge is -2.38. The van der Waals surface area contributed by atoms with Gasteiger partial charge in [0.2, 0.25) is 0 Å². The summed E-state index contributed by atoms with van der Waals surface area (Å²) in [7, 11) is 0. The summed E-state index contributed by atoms with van der Waals surface area (Å²) in [4.78, 5) is 12.0. The van der Waals surface area contributed by atoms with Crippen LogP contribution < -0.4 is 0 Å². The van der Waals surface area contributed by atoms with E-state index >= 15 is 0 Å². The Morgan fingerprint density at radius 2 is 1.94 bits per heavy atom. The first kappa shape index (κ1) is 12.5. The molecule has 2 nitrogen and oxygen atoms in total. The van der Waals surface area contributed by atoms with Crippen molar-refractivity contribution in [3.8, 4) is 0 Å². The molecule has 0 radical (unpaired) electrons. The Balaban J connectivity index is 1.62. The lowest BCUT2D eigenvalue weighted by molar-refractivity contribution is -0.158. The first-order valence-electron chi connectivity index (χ1n) is 7.63. The number of hydrogen-bond acceptors (Lipinski definition) is 2. The molecule has 3 atom stereocenters. The topological polar surface area (TPSA) is 26.3 Å². The van der Waals surface area contributed by atoms with Crippen molar-refractivity contribution >= 4 is 5.97 Å². The standard InChI is InChI=1S/C16H26O2/c1-15(2)12-7-8-16(15,3)13(10-12)18-14(17)9-11-5-4-6-11/h11-13H,4-10H2,1-3H3. The molecule has 0 N–H and O–H groups in total. The van der Waals surface area contributed by atoms with Gasteiger partial charge in [0.15, 0.2) is 0 Å². The zero-order chi connectivity index (χ0) is 13.0. The van der Waals surface area contributed by atoms with E-state index in [4.69, 9.17) is 4.74 Å². The van der Waals surface area contributed by atoms with E-state index in [0.717, 1.165) is 12.3 Å². The molecule has 0 aromatic rings. The number of rotatable bonds is 3. The number of carbonyl (C=O) groups excluding carboxylic acids is 1. The maximum Gasteiger partial charge on any atom is 0.306 e. The van der Waals surface area contributed by atoms with Crippen LogP contribution >= 0.6 is 0 Å². The fourth-order valence-electron chi connectivity index (χ4n) is 4.45. The molecule has 2 bridgehead atoms. The highest BCUT2D eigenvalue weighted by molar-refractivity contribution is 5.70. The first-order chi connectivity index (χ1) is 8.43. The van der Waals surface area contributed by atoms with Gasteiger partial charge in [0, 0.05) is 11.8 Å². The molecule has 3 rings (SSSR count). The molecule has 0 spiro atoms. The summed E-state index contributed by atoms with van der Waals surface area (Å²) in [5.41, 5.74) is 0.557. The fourth-order valence-corrected chi connectivity index (χ4v) is 4.45. The maximum atomic E-state index is 12.0. The molecule has 0 amide bonds.